The molecule has 0 aromatic carbocycles. The zero-order chi connectivity index (χ0) is 11.9. The fourth-order valence-electron chi connectivity index (χ4n) is 1.28. The van der Waals surface area contributed by atoms with E-state index in [9.17, 15) is 4.79 Å². The molecule has 1 amide bonds. The lowest BCUT2D eigenvalue weighted by molar-refractivity contribution is 0.0506. The average molecular weight is 215 g/mol. The Hall–Kier alpha value is -0.730. The molecule has 0 rings (SSSR count). The second kappa shape index (κ2) is 6.70. The van der Waals surface area contributed by atoms with Crippen LogP contribution in [0.3, 0.4) is 0 Å². The number of carbonyl (C=O) groups is 1. The van der Waals surface area contributed by atoms with E-state index >= 15 is 0 Å². The van der Waals surface area contributed by atoms with Crippen molar-refractivity contribution in [1.29, 1.82) is 0 Å². The minimum Gasteiger partial charge on any atom is -0.444 e. The van der Waals surface area contributed by atoms with Crippen LogP contribution in [0.2, 0.25) is 0 Å². The Labute approximate surface area is 93.6 Å². The normalized spacial score (nSPS) is 13.4. The molecule has 0 aliphatic rings. The summed E-state index contributed by atoms with van der Waals surface area (Å²) in [5.41, 5.74) is -0.410. The number of unbranched alkanes of at least 4 members (excludes halogenated alkanes) is 2. The molecule has 0 aromatic heterocycles. The van der Waals surface area contributed by atoms with Gasteiger partial charge in [0.05, 0.1) is 0 Å². The quantitative estimate of drug-likeness (QED) is 0.713. The number of amides is 1. The van der Waals surface area contributed by atoms with Crippen LogP contribution in [0.4, 0.5) is 4.79 Å². The minimum atomic E-state index is -0.410. The summed E-state index contributed by atoms with van der Waals surface area (Å²) in [7, 11) is 0. The first-order valence-corrected chi connectivity index (χ1v) is 5.84. The van der Waals surface area contributed by atoms with Crippen molar-refractivity contribution in [2.75, 3.05) is 0 Å². The molecule has 0 spiro atoms. The van der Waals surface area contributed by atoms with E-state index in [1.54, 1.807) is 0 Å². The monoisotopic (exact) mass is 215 g/mol. The van der Waals surface area contributed by atoms with E-state index in [0.717, 1.165) is 12.8 Å². The van der Waals surface area contributed by atoms with Crippen LogP contribution in [0, 0.1) is 0 Å². The number of alkyl carbamates (subject to hydrolysis) is 1. The van der Waals surface area contributed by atoms with E-state index in [4.69, 9.17) is 4.74 Å². The maximum Gasteiger partial charge on any atom is 0.407 e. The summed E-state index contributed by atoms with van der Waals surface area (Å²) in [4.78, 5) is 11.4. The van der Waals surface area contributed by atoms with Crippen molar-refractivity contribution in [2.45, 2.75) is 71.9 Å². The molecular weight excluding hydrogens is 190 g/mol. The molecule has 0 saturated heterocycles. The minimum absolute atomic E-state index is 0.200. The zero-order valence-electron chi connectivity index (χ0n) is 10.7. The highest BCUT2D eigenvalue weighted by Gasteiger charge is 2.17. The van der Waals surface area contributed by atoms with Crippen molar-refractivity contribution in [1.82, 2.24) is 5.32 Å². The maximum absolute atomic E-state index is 11.4. The molecule has 15 heavy (non-hydrogen) atoms. The second-order valence-electron chi connectivity index (χ2n) is 5.04. The highest BCUT2D eigenvalue weighted by molar-refractivity contribution is 5.67. The van der Waals surface area contributed by atoms with Crippen LogP contribution in [0.1, 0.15) is 60.3 Å². The molecular formula is C12H25NO2. The largest absolute Gasteiger partial charge is 0.444 e. The smallest absolute Gasteiger partial charge is 0.407 e. The van der Waals surface area contributed by atoms with E-state index in [1.807, 2.05) is 27.7 Å². The van der Waals surface area contributed by atoms with Crippen molar-refractivity contribution in [2.24, 2.45) is 0 Å². The highest BCUT2D eigenvalue weighted by atomic mass is 16.6. The van der Waals surface area contributed by atoms with Crippen molar-refractivity contribution < 1.29 is 9.53 Å². The number of carbonyl (C=O) groups excluding carboxylic acids is 1. The molecule has 0 bridgehead atoms. The Morgan fingerprint density at radius 2 is 1.93 bits per heavy atom. The van der Waals surface area contributed by atoms with E-state index < -0.39 is 5.60 Å². The van der Waals surface area contributed by atoms with Gasteiger partial charge in [-0.05, 0) is 34.1 Å². The van der Waals surface area contributed by atoms with Crippen molar-refractivity contribution in [3.8, 4) is 0 Å². The van der Waals surface area contributed by atoms with E-state index in [2.05, 4.69) is 12.2 Å². The fraction of sp³-hybridized carbons (Fsp3) is 0.917. The van der Waals surface area contributed by atoms with Gasteiger partial charge in [-0.15, -0.1) is 0 Å². The van der Waals surface area contributed by atoms with Gasteiger partial charge in [-0.2, -0.15) is 0 Å². The van der Waals surface area contributed by atoms with Crippen LogP contribution in [-0.2, 0) is 4.74 Å². The third-order valence-corrected chi connectivity index (χ3v) is 2.00. The Morgan fingerprint density at radius 1 is 1.33 bits per heavy atom. The Morgan fingerprint density at radius 3 is 2.40 bits per heavy atom. The lowest BCUT2D eigenvalue weighted by Crippen LogP contribution is -2.37. The molecule has 0 aliphatic carbocycles. The van der Waals surface area contributed by atoms with Crippen LogP contribution in [0.5, 0.6) is 0 Å². The van der Waals surface area contributed by atoms with Gasteiger partial charge in [0.15, 0.2) is 0 Å². The summed E-state index contributed by atoms with van der Waals surface area (Å²) in [5, 5.41) is 2.83. The molecule has 0 radical (unpaired) electrons. The van der Waals surface area contributed by atoms with Gasteiger partial charge in [-0.3, -0.25) is 0 Å². The van der Waals surface area contributed by atoms with E-state index in [-0.39, 0.29) is 12.1 Å². The van der Waals surface area contributed by atoms with Crippen LogP contribution in [-0.4, -0.2) is 17.7 Å². The first-order valence-electron chi connectivity index (χ1n) is 5.84. The molecule has 0 saturated carbocycles. The van der Waals surface area contributed by atoms with Gasteiger partial charge in [-0.25, -0.2) is 4.79 Å². The van der Waals surface area contributed by atoms with Crippen molar-refractivity contribution >= 4 is 6.09 Å². The topological polar surface area (TPSA) is 38.3 Å². The highest BCUT2D eigenvalue weighted by Crippen LogP contribution is 2.08. The lowest BCUT2D eigenvalue weighted by atomic mass is 10.1. The molecule has 1 N–H and O–H groups in total. The number of hydrogen-bond acceptors (Lipinski definition) is 2. The molecule has 0 unspecified atom stereocenters. The predicted molar refractivity (Wildman–Crippen MR) is 63.0 cm³/mol. The summed E-state index contributed by atoms with van der Waals surface area (Å²) in [6, 6.07) is 0.200. The summed E-state index contributed by atoms with van der Waals surface area (Å²) < 4.78 is 5.16. The number of rotatable bonds is 5. The molecule has 0 heterocycles. The van der Waals surface area contributed by atoms with Gasteiger partial charge < -0.3 is 10.1 Å². The van der Waals surface area contributed by atoms with Crippen LogP contribution >= 0.6 is 0 Å². The Balaban J connectivity index is 3.67. The fourth-order valence-corrected chi connectivity index (χ4v) is 1.28. The first kappa shape index (κ1) is 14.3. The molecule has 90 valence electrons. The number of nitrogens with one attached hydrogen (secondary N) is 1. The maximum atomic E-state index is 11.4. The summed E-state index contributed by atoms with van der Waals surface area (Å²) in [6.07, 6.45) is 4.30. The molecule has 0 aromatic rings. The van der Waals surface area contributed by atoms with Crippen LogP contribution in [0.15, 0.2) is 0 Å². The number of hydrogen-bond donors (Lipinski definition) is 1. The number of ether oxygens (including phenoxy) is 1. The van der Waals surface area contributed by atoms with Crippen LogP contribution in [0.25, 0.3) is 0 Å². The van der Waals surface area contributed by atoms with Crippen molar-refractivity contribution in [3.63, 3.8) is 0 Å². The van der Waals surface area contributed by atoms with Gasteiger partial charge in [-0.1, -0.05) is 26.2 Å². The Kier molecular flexibility index (Phi) is 6.37. The van der Waals surface area contributed by atoms with Gasteiger partial charge in [0.2, 0.25) is 0 Å². The van der Waals surface area contributed by atoms with Gasteiger partial charge in [0.25, 0.3) is 0 Å². The second-order valence-corrected chi connectivity index (χ2v) is 5.04. The molecule has 1 atom stereocenters. The van der Waals surface area contributed by atoms with Gasteiger partial charge >= 0.3 is 6.09 Å². The van der Waals surface area contributed by atoms with Gasteiger partial charge in [0.1, 0.15) is 5.60 Å². The first-order chi connectivity index (χ1) is 6.85. The summed E-state index contributed by atoms with van der Waals surface area (Å²) in [5.74, 6) is 0. The third-order valence-electron chi connectivity index (χ3n) is 2.00. The van der Waals surface area contributed by atoms with Crippen molar-refractivity contribution in [3.05, 3.63) is 0 Å². The predicted octanol–water partition coefficient (Wildman–Crippen LogP) is 3.48. The van der Waals surface area contributed by atoms with E-state index in [1.165, 1.54) is 12.8 Å². The van der Waals surface area contributed by atoms with Gasteiger partial charge in [0, 0.05) is 6.04 Å². The SMILES string of the molecule is CCCCC[C@H](C)NC(=O)OC(C)(C)C. The average Bonchev–Trinajstić information content (AvgIpc) is 2.00. The standard InChI is InChI=1S/C12H25NO2/c1-6-7-8-9-10(2)13-11(14)15-12(3,4)5/h10H,6-9H2,1-5H3,(H,13,14)/t10-/m0/s1. The third kappa shape index (κ3) is 9.57. The Bertz CT molecular complexity index is 185. The summed E-state index contributed by atoms with van der Waals surface area (Å²) >= 11 is 0. The molecule has 0 fully saturated rings. The zero-order valence-corrected chi connectivity index (χ0v) is 10.7. The summed E-state index contributed by atoms with van der Waals surface area (Å²) in [6.45, 7) is 9.79. The van der Waals surface area contributed by atoms with Crippen LogP contribution < -0.4 is 5.32 Å². The molecule has 3 heteroatoms. The molecule has 3 nitrogen and oxygen atoms in total. The molecule has 0 aliphatic heterocycles. The van der Waals surface area contributed by atoms with E-state index in [0.29, 0.717) is 0 Å². The lowest BCUT2D eigenvalue weighted by Gasteiger charge is -2.21.